The molecule has 0 saturated carbocycles. The largest absolute Gasteiger partial charge is 0.480 e. The molecular formula is C12H11N3O2. The summed E-state index contributed by atoms with van der Waals surface area (Å²) >= 11 is 0. The first-order valence-corrected chi connectivity index (χ1v) is 4.89. The summed E-state index contributed by atoms with van der Waals surface area (Å²) in [4.78, 5) is 16.1. The Morgan fingerprint density at radius 1 is 1.65 bits per heavy atom. The summed E-state index contributed by atoms with van der Waals surface area (Å²) in [5.74, 6) is 1.43. The van der Waals surface area contributed by atoms with Crippen molar-refractivity contribution < 1.29 is 9.90 Å². The second-order valence-corrected chi connectivity index (χ2v) is 3.37. The minimum Gasteiger partial charge on any atom is -0.480 e. The van der Waals surface area contributed by atoms with Crippen LogP contribution in [0.15, 0.2) is 18.3 Å². The van der Waals surface area contributed by atoms with Gasteiger partial charge in [-0.1, -0.05) is 12.0 Å². The van der Waals surface area contributed by atoms with Crippen LogP contribution in [0.1, 0.15) is 11.3 Å². The van der Waals surface area contributed by atoms with Gasteiger partial charge in [0.05, 0.1) is 13.1 Å². The topological polar surface area (TPSA) is 77.2 Å². The fourth-order valence-electron chi connectivity index (χ4n) is 1.40. The van der Waals surface area contributed by atoms with Gasteiger partial charge in [-0.2, -0.15) is 5.26 Å². The molecule has 0 aliphatic rings. The molecule has 0 aliphatic heterocycles. The third kappa shape index (κ3) is 3.94. The number of terminal acetylenes is 1. The average molecular weight is 229 g/mol. The fourth-order valence-corrected chi connectivity index (χ4v) is 1.40. The number of carbonyl (C=O) groups is 1. The highest BCUT2D eigenvalue weighted by Gasteiger charge is 2.11. The van der Waals surface area contributed by atoms with E-state index in [2.05, 4.69) is 10.9 Å². The van der Waals surface area contributed by atoms with Gasteiger partial charge in [0, 0.05) is 18.3 Å². The van der Waals surface area contributed by atoms with E-state index in [9.17, 15) is 4.79 Å². The van der Waals surface area contributed by atoms with Crippen LogP contribution in [0.25, 0.3) is 0 Å². The lowest BCUT2D eigenvalue weighted by molar-refractivity contribution is -0.138. The predicted octanol–water partition coefficient (Wildman–Crippen LogP) is 0.473. The molecule has 0 fully saturated rings. The molecule has 1 aromatic heterocycles. The molecule has 86 valence electrons. The van der Waals surface area contributed by atoms with Crippen molar-refractivity contribution in [3.63, 3.8) is 0 Å². The first kappa shape index (κ1) is 12.7. The lowest BCUT2D eigenvalue weighted by atomic mass is 10.2. The maximum Gasteiger partial charge on any atom is 0.317 e. The molecule has 0 unspecified atom stereocenters. The highest BCUT2D eigenvalue weighted by atomic mass is 16.4. The molecule has 17 heavy (non-hydrogen) atoms. The number of hydrogen-bond acceptors (Lipinski definition) is 4. The standard InChI is InChI=1S/C12H11N3O2/c1-2-6-15(9-12(16)17)8-10-4-3-5-14-11(10)7-13/h1,3-5H,6,8-9H2,(H,16,17). The number of aliphatic carboxylic acids is 1. The van der Waals surface area contributed by atoms with E-state index >= 15 is 0 Å². The molecule has 1 N–H and O–H groups in total. The summed E-state index contributed by atoms with van der Waals surface area (Å²) < 4.78 is 0. The second kappa shape index (κ2) is 6.26. The van der Waals surface area contributed by atoms with Gasteiger partial charge in [-0.3, -0.25) is 9.69 Å². The molecule has 0 aromatic carbocycles. The Hall–Kier alpha value is -2.37. The third-order valence-corrected chi connectivity index (χ3v) is 2.06. The van der Waals surface area contributed by atoms with Crippen LogP contribution in [0.5, 0.6) is 0 Å². The molecule has 0 spiro atoms. The quantitative estimate of drug-likeness (QED) is 0.743. The molecule has 0 atom stereocenters. The van der Waals surface area contributed by atoms with E-state index in [0.717, 1.165) is 0 Å². The summed E-state index contributed by atoms with van der Waals surface area (Å²) in [5, 5.41) is 17.6. The monoisotopic (exact) mass is 229 g/mol. The molecule has 1 rings (SSSR count). The van der Waals surface area contributed by atoms with Crippen LogP contribution < -0.4 is 0 Å². The molecule has 0 aliphatic carbocycles. The highest BCUT2D eigenvalue weighted by Crippen LogP contribution is 2.07. The second-order valence-electron chi connectivity index (χ2n) is 3.37. The van der Waals surface area contributed by atoms with Crippen LogP contribution in [0.2, 0.25) is 0 Å². The summed E-state index contributed by atoms with van der Waals surface area (Å²) in [6, 6.07) is 5.39. The van der Waals surface area contributed by atoms with Gasteiger partial charge in [-0.15, -0.1) is 6.42 Å². The number of nitrogens with zero attached hydrogens (tertiary/aromatic N) is 3. The van der Waals surface area contributed by atoms with Gasteiger partial charge >= 0.3 is 5.97 Å². The van der Waals surface area contributed by atoms with E-state index in [4.69, 9.17) is 16.8 Å². The third-order valence-electron chi connectivity index (χ3n) is 2.06. The Kier molecular flexibility index (Phi) is 4.68. The van der Waals surface area contributed by atoms with Crippen LogP contribution in [0.4, 0.5) is 0 Å². The van der Waals surface area contributed by atoms with Gasteiger partial charge in [-0.05, 0) is 6.07 Å². The molecule has 0 amide bonds. The number of carboxylic acids is 1. The molecule has 0 saturated heterocycles. The van der Waals surface area contributed by atoms with Crippen LogP contribution in [0, 0.1) is 23.7 Å². The van der Waals surface area contributed by atoms with Crippen LogP contribution >= 0.6 is 0 Å². The van der Waals surface area contributed by atoms with Crippen LogP contribution in [-0.4, -0.2) is 34.0 Å². The zero-order chi connectivity index (χ0) is 12.7. The molecule has 1 heterocycles. The van der Waals surface area contributed by atoms with Crippen molar-refractivity contribution in [3.05, 3.63) is 29.6 Å². The van der Waals surface area contributed by atoms with Crippen LogP contribution in [-0.2, 0) is 11.3 Å². The van der Waals surface area contributed by atoms with E-state index in [0.29, 0.717) is 17.8 Å². The number of nitriles is 1. The van der Waals surface area contributed by atoms with Crippen molar-refractivity contribution in [2.45, 2.75) is 6.54 Å². The molecular weight excluding hydrogens is 218 g/mol. The van der Waals surface area contributed by atoms with Gasteiger partial charge in [0.15, 0.2) is 0 Å². The summed E-state index contributed by atoms with van der Waals surface area (Å²) in [5.41, 5.74) is 0.964. The number of rotatable bonds is 5. The van der Waals surface area contributed by atoms with Crippen LogP contribution in [0.3, 0.4) is 0 Å². The summed E-state index contributed by atoms with van der Waals surface area (Å²) in [6.07, 6.45) is 6.68. The maximum atomic E-state index is 10.6. The van der Waals surface area contributed by atoms with Gasteiger partial charge in [0.25, 0.3) is 0 Å². The van der Waals surface area contributed by atoms with Crippen molar-refractivity contribution >= 4 is 5.97 Å². The average Bonchev–Trinajstić information content (AvgIpc) is 2.29. The first-order valence-electron chi connectivity index (χ1n) is 4.89. The molecule has 0 bridgehead atoms. The fraction of sp³-hybridized carbons (Fsp3) is 0.250. The van der Waals surface area contributed by atoms with E-state index in [1.165, 1.54) is 6.20 Å². The Balaban J connectivity index is 2.83. The van der Waals surface area contributed by atoms with Gasteiger partial charge < -0.3 is 5.11 Å². The highest BCUT2D eigenvalue weighted by molar-refractivity contribution is 5.69. The van der Waals surface area contributed by atoms with Crippen molar-refractivity contribution in [1.82, 2.24) is 9.88 Å². The molecule has 5 heteroatoms. The number of aromatic nitrogens is 1. The Morgan fingerprint density at radius 3 is 3.00 bits per heavy atom. The normalized spacial score (nSPS) is 9.59. The lowest BCUT2D eigenvalue weighted by Crippen LogP contribution is -2.30. The van der Waals surface area contributed by atoms with Crippen molar-refractivity contribution in [1.29, 1.82) is 5.26 Å². The Morgan fingerprint density at radius 2 is 2.41 bits per heavy atom. The lowest BCUT2D eigenvalue weighted by Gasteiger charge is -2.17. The van der Waals surface area contributed by atoms with E-state index in [1.54, 1.807) is 17.0 Å². The minimum atomic E-state index is -0.956. The smallest absolute Gasteiger partial charge is 0.317 e. The number of carboxylic acid groups (broad SMARTS) is 1. The Bertz CT molecular complexity index is 485. The summed E-state index contributed by atoms with van der Waals surface area (Å²) in [6.45, 7) is 0.350. The van der Waals surface area contributed by atoms with Crippen molar-refractivity contribution in [3.8, 4) is 18.4 Å². The molecule has 0 radical (unpaired) electrons. The first-order chi connectivity index (χ1) is 8.17. The van der Waals surface area contributed by atoms with E-state index in [1.807, 2.05) is 6.07 Å². The van der Waals surface area contributed by atoms with Crippen molar-refractivity contribution in [2.75, 3.05) is 13.1 Å². The van der Waals surface area contributed by atoms with Crippen molar-refractivity contribution in [2.24, 2.45) is 0 Å². The summed E-state index contributed by atoms with van der Waals surface area (Å²) in [7, 11) is 0. The van der Waals surface area contributed by atoms with E-state index in [-0.39, 0.29) is 13.1 Å². The van der Waals surface area contributed by atoms with Gasteiger partial charge in [0.1, 0.15) is 11.8 Å². The molecule has 1 aromatic rings. The van der Waals surface area contributed by atoms with Gasteiger partial charge in [-0.25, -0.2) is 4.98 Å². The number of pyridine rings is 1. The predicted molar refractivity (Wildman–Crippen MR) is 60.7 cm³/mol. The zero-order valence-corrected chi connectivity index (χ0v) is 9.13. The maximum absolute atomic E-state index is 10.6. The minimum absolute atomic E-state index is 0.163. The Labute approximate surface area is 99.3 Å². The van der Waals surface area contributed by atoms with Gasteiger partial charge in [0.2, 0.25) is 0 Å². The molecule has 5 nitrogen and oxygen atoms in total. The number of hydrogen-bond donors (Lipinski definition) is 1. The van der Waals surface area contributed by atoms with E-state index < -0.39 is 5.97 Å². The zero-order valence-electron chi connectivity index (χ0n) is 9.13. The SMILES string of the molecule is C#CCN(CC(=O)O)Cc1cccnc1C#N.